The molecule has 74 heavy (non-hydrogen) atoms. The lowest BCUT2D eigenvalue weighted by atomic mass is 10.0. The highest BCUT2D eigenvalue weighted by atomic mass is 16.6. The number of rotatable bonds is 26. The molecule has 1 aliphatic rings. The Labute approximate surface area is 436 Å². The molecule has 5 atom stereocenters. The summed E-state index contributed by atoms with van der Waals surface area (Å²) in [5.41, 5.74) is 0.274. The molecule has 7 N–H and O–H groups in total. The summed E-state index contributed by atoms with van der Waals surface area (Å²) >= 11 is 0. The number of amides is 8. The van der Waals surface area contributed by atoms with E-state index in [1.54, 1.807) is 65.8 Å². The van der Waals surface area contributed by atoms with Crippen molar-refractivity contribution in [2.24, 2.45) is 11.8 Å². The lowest BCUT2D eigenvalue weighted by Crippen LogP contribution is -2.57. The number of ether oxygens (including phenoxy) is 2. The van der Waals surface area contributed by atoms with Crippen molar-refractivity contribution in [1.82, 2.24) is 36.4 Å². The Morgan fingerprint density at radius 2 is 1.31 bits per heavy atom. The molecule has 0 bridgehead atoms. The minimum Gasteiger partial charge on any atom is -0.480 e. The van der Waals surface area contributed by atoms with Crippen molar-refractivity contribution >= 4 is 59.3 Å². The minimum absolute atomic E-state index is 0.0529. The van der Waals surface area contributed by atoms with Gasteiger partial charge in [0.25, 0.3) is 0 Å². The number of aliphatic carboxylic acids is 1. The number of carboxylic acid groups (broad SMARTS) is 1. The molecule has 0 aromatic heterocycles. The van der Waals surface area contributed by atoms with E-state index in [2.05, 4.69) is 31.9 Å². The van der Waals surface area contributed by atoms with Gasteiger partial charge in [0, 0.05) is 38.7 Å². The molecule has 3 rings (SSSR count). The van der Waals surface area contributed by atoms with Gasteiger partial charge in [0.2, 0.25) is 35.4 Å². The van der Waals surface area contributed by atoms with Gasteiger partial charge in [-0.3, -0.25) is 28.8 Å². The Bertz CT molecular complexity index is 2210. The van der Waals surface area contributed by atoms with Crippen molar-refractivity contribution in [1.29, 1.82) is 0 Å². The van der Waals surface area contributed by atoms with E-state index in [-0.39, 0.29) is 56.5 Å². The van der Waals surface area contributed by atoms with E-state index in [1.807, 2.05) is 58.0 Å². The maximum absolute atomic E-state index is 14.6. The molecule has 1 heterocycles. The van der Waals surface area contributed by atoms with Gasteiger partial charge in [-0.2, -0.15) is 0 Å². The molecule has 8 amide bonds. The van der Waals surface area contributed by atoms with Gasteiger partial charge in [-0.05, 0) is 128 Å². The molecule has 1 fully saturated rings. The number of alkyl carbamates (subject to hydrolysis) is 2. The van der Waals surface area contributed by atoms with Gasteiger partial charge in [-0.15, -0.1) is 0 Å². The normalized spacial score (nSPS) is 15.2. The van der Waals surface area contributed by atoms with Crippen LogP contribution in [-0.4, -0.2) is 136 Å². The number of unbranched alkanes of at least 4 members (excludes halogenated alkanes) is 1. The number of likely N-dealkylation sites (tertiary alicyclic amines) is 1. The molecule has 410 valence electrons. The van der Waals surface area contributed by atoms with Crippen LogP contribution in [0, 0.1) is 11.8 Å². The van der Waals surface area contributed by atoms with E-state index in [4.69, 9.17) is 9.47 Å². The van der Waals surface area contributed by atoms with Crippen molar-refractivity contribution in [3.8, 4) is 0 Å². The first-order valence-electron chi connectivity index (χ1n) is 25.7. The van der Waals surface area contributed by atoms with Crippen LogP contribution in [0.25, 0.3) is 0 Å². The van der Waals surface area contributed by atoms with Crippen LogP contribution in [0.5, 0.6) is 0 Å². The summed E-state index contributed by atoms with van der Waals surface area (Å²) in [6.45, 7) is 19.4. The van der Waals surface area contributed by atoms with Crippen LogP contribution in [0.15, 0.2) is 54.6 Å². The molecule has 1 saturated heterocycles. The topological polar surface area (TPSA) is 271 Å². The number of hydrogen-bond donors (Lipinski definition) is 7. The van der Waals surface area contributed by atoms with Crippen LogP contribution >= 0.6 is 0 Å². The Hall–Kier alpha value is -6.73. The molecular weight excluding hydrogens is 953 g/mol. The Morgan fingerprint density at radius 1 is 0.703 bits per heavy atom. The Balaban J connectivity index is 1.86. The third kappa shape index (κ3) is 23.0. The molecule has 0 radical (unpaired) electrons. The van der Waals surface area contributed by atoms with E-state index < -0.39 is 95.6 Å². The maximum Gasteiger partial charge on any atom is 0.408 e. The largest absolute Gasteiger partial charge is 0.480 e. The highest BCUT2D eigenvalue weighted by Gasteiger charge is 2.37. The molecule has 0 aliphatic carbocycles. The zero-order valence-electron chi connectivity index (χ0n) is 45.3. The molecule has 0 saturated carbocycles. The first-order chi connectivity index (χ1) is 34.6. The SMILES string of the molecule is CC(=O)N1CCC[C@H]1C(=O)N[C@@H](CC(C)C)C(=O)N(CCCCNC(=O)OC(C)(C)C)CC(=O)N[C@@H](CCc1ccccc1)C(=O)N[C@@H](CC(C)C)C(=O)Nc1ccc(C[C@@H](NC(=O)OC(C)(C)C)C(=O)O)cc1. The number of aryl methyl sites for hydroxylation is 1. The van der Waals surface area contributed by atoms with Gasteiger partial charge in [0.15, 0.2) is 0 Å². The number of nitrogens with zero attached hydrogens (tertiary/aromatic N) is 2. The average molecular weight is 1040 g/mol. The van der Waals surface area contributed by atoms with Crippen LogP contribution in [0.2, 0.25) is 0 Å². The fourth-order valence-corrected chi connectivity index (χ4v) is 8.25. The summed E-state index contributed by atoms with van der Waals surface area (Å²) in [7, 11) is 0. The van der Waals surface area contributed by atoms with Crippen molar-refractivity contribution in [2.45, 2.75) is 175 Å². The second-order valence-electron chi connectivity index (χ2n) is 21.7. The predicted octanol–water partition coefficient (Wildman–Crippen LogP) is 5.47. The predicted molar refractivity (Wildman–Crippen MR) is 279 cm³/mol. The van der Waals surface area contributed by atoms with Crippen LogP contribution in [-0.2, 0) is 55.9 Å². The maximum atomic E-state index is 14.6. The molecule has 0 spiro atoms. The molecular formula is C54H82N8O12. The quantitative estimate of drug-likeness (QED) is 0.0579. The van der Waals surface area contributed by atoms with Crippen LogP contribution < -0.4 is 31.9 Å². The standard InChI is InChI=1S/C54H82N8O12/c1-34(2)30-41(47(66)56-39-24-21-38(22-25-39)32-43(50(69)70)60-52(72)74-54(9,10)11)58-46(65)40(26-23-37-18-13-12-14-19-37)57-45(64)33-61(28-16-15-27-55-51(71)73-53(6,7)8)49(68)42(31-35(3)4)59-48(67)44-20-17-29-62(44)36(5)63/h12-14,18-19,21-22,24-25,34-35,40-44H,15-17,20,23,26-33H2,1-11H3,(H,55,71)(H,56,66)(H,57,64)(H,58,65)(H,59,67)(H,60,72)(H,69,70)/t40-,41-,42-,43+,44-/m0/s1. The molecule has 2 aromatic carbocycles. The van der Waals surface area contributed by atoms with Crippen LogP contribution in [0.1, 0.15) is 132 Å². The van der Waals surface area contributed by atoms with Crippen molar-refractivity contribution in [3.63, 3.8) is 0 Å². The van der Waals surface area contributed by atoms with Crippen molar-refractivity contribution in [2.75, 3.05) is 31.5 Å². The third-order valence-corrected chi connectivity index (χ3v) is 11.7. The molecule has 20 nitrogen and oxygen atoms in total. The Kier molecular flexibility index (Phi) is 24.3. The van der Waals surface area contributed by atoms with E-state index >= 15 is 0 Å². The lowest BCUT2D eigenvalue weighted by Gasteiger charge is -2.31. The number of carbonyl (C=O) groups excluding carboxylic acids is 8. The zero-order valence-corrected chi connectivity index (χ0v) is 45.3. The lowest BCUT2D eigenvalue weighted by molar-refractivity contribution is -0.142. The average Bonchev–Trinajstić information content (AvgIpc) is 3.79. The first-order valence-corrected chi connectivity index (χ1v) is 25.7. The zero-order chi connectivity index (χ0) is 55.3. The Morgan fingerprint density at radius 3 is 1.89 bits per heavy atom. The summed E-state index contributed by atoms with van der Waals surface area (Å²) in [6.07, 6.45) is 1.25. The molecule has 1 aliphatic heterocycles. The highest BCUT2D eigenvalue weighted by molar-refractivity contribution is 5.99. The van der Waals surface area contributed by atoms with Gasteiger partial charge >= 0.3 is 18.2 Å². The summed E-state index contributed by atoms with van der Waals surface area (Å²) in [5, 5.41) is 26.2. The van der Waals surface area contributed by atoms with Gasteiger partial charge < -0.3 is 56.3 Å². The minimum atomic E-state index is -1.29. The van der Waals surface area contributed by atoms with Crippen molar-refractivity contribution < 1.29 is 57.7 Å². The van der Waals surface area contributed by atoms with E-state index in [1.165, 1.54) is 16.7 Å². The number of nitrogens with one attached hydrogen (secondary N) is 6. The van der Waals surface area contributed by atoms with Gasteiger partial charge in [0.1, 0.15) is 41.4 Å². The van der Waals surface area contributed by atoms with E-state index in [9.17, 15) is 48.3 Å². The summed E-state index contributed by atoms with van der Waals surface area (Å²) in [5.74, 6) is -4.45. The van der Waals surface area contributed by atoms with Gasteiger partial charge in [0.05, 0.1) is 6.54 Å². The number of carbonyl (C=O) groups is 9. The molecule has 2 aromatic rings. The fourth-order valence-electron chi connectivity index (χ4n) is 8.25. The number of anilines is 1. The van der Waals surface area contributed by atoms with Crippen molar-refractivity contribution in [3.05, 3.63) is 65.7 Å². The number of hydrogen-bond acceptors (Lipinski definition) is 11. The summed E-state index contributed by atoms with van der Waals surface area (Å²) in [4.78, 5) is 123. The van der Waals surface area contributed by atoms with Crippen LogP contribution in [0.3, 0.4) is 0 Å². The van der Waals surface area contributed by atoms with Gasteiger partial charge in [-0.1, -0.05) is 70.2 Å². The fraction of sp³-hybridized carbons (Fsp3) is 0.611. The summed E-state index contributed by atoms with van der Waals surface area (Å²) < 4.78 is 10.5. The second-order valence-corrected chi connectivity index (χ2v) is 21.7. The monoisotopic (exact) mass is 1030 g/mol. The smallest absolute Gasteiger partial charge is 0.408 e. The third-order valence-electron chi connectivity index (χ3n) is 11.7. The second kappa shape index (κ2) is 29.2. The number of carboxylic acids is 1. The van der Waals surface area contributed by atoms with E-state index in [0.717, 1.165) is 5.56 Å². The summed E-state index contributed by atoms with van der Waals surface area (Å²) in [6, 6.07) is 10.4. The molecule has 20 heteroatoms. The number of benzene rings is 2. The van der Waals surface area contributed by atoms with E-state index in [0.29, 0.717) is 49.9 Å². The molecule has 0 unspecified atom stereocenters. The first kappa shape index (κ1) is 61.6. The van der Waals surface area contributed by atoms with Crippen LogP contribution in [0.4, 0.5) is 15.3 Å². The highest BCUT2D eigenvalue weighted by Crippen LogP contribution is 2.20. The van der Waals surface area contributed by atoms with Gasteiger partial charge in [-0.25, -0.2) is 14.4 Å².